The summed E-state index contributed by atoms with van der Waals surface area (Å²) >= 11 is 0. The molecule has 0 aliphatic heterocycles. The van der Waals surface area contributed by atoms with Crippen molar-refractivity contribution in [2.24, 2.45) is 64.5 Å². The summed E-state index contributed by atoms with van der Waals surface area (Å²) in [6, 6.07) is 9.42. The summed E-state index contributed by atoms with van der Waals surface area (Å²) in [6.07, 6.45) is 3.23. The summed E-state index contributed by atoms with van der Waals surface area (Å²) in [7, 11) is 0. The molecule has 5 rings (SSSR count). The lowest BCUT2D eigenvalue weighted by Gasteiger charge is -2.28. The average Bonchev–Trinajstić information content (AvgIpc) is 1.48. The van der Waals surface area contributed by atoms with Crippen LogP contribution in [0.4, 0.5) is 0 Å². The number of carbonyl (C=O) groups excluding carboxylic acids is 13. The van der Waals surface area contributed by atoms with Crippen molar-refractivity contribution in [2.45, 2.75) is 201 Å². The molecule has 105 heavy (non-hydrogen) atoms. The van der Waals surface area contributed by atoms with Crippen molar-refractivity contribution in [2.75, 3.05) is 0 Å². The van der Waals surface area contributed by atoms with Crippen molar-refractivity contribution < 1.29 is 77.6 Å². The molecule has 2 aromatic heterocycles. The fourth-order valence-corrected chi connectivity index (χ4v) is 12.2. The van der Waals surface area contributed by atoms with Crippen LogP contribution in [0.5, 0.6) is 17.2 Å². The van der Waals surface area contributed by atoms with E-state index < -0.39 is 205 Å². The van der Waals surface area contributed by atoms with Crippen LogP contribution in [0.15, 0.2) is 97.8 Å². The van der Waals surface area contributed by atoms with E-state index in [0.717, 1.165) is 0 Å². The van der Waals surface area contributed by atoms with E-state index in [0.29, 0.717) is 40.9 Å². The van der Waals surface area contributed by atoms with Crippen molar-refractivity contribution in [3.63, 3.8) is 0 Å². The number of hydrogen-bond acceptors (Lipinski definition) is 19. The van der Waals surface area contributed by atoms with Gasteiger partial charge in [-0.3, -0.25) is 62.3 Å². The predicted octanol–water partition coefficient (Wildman–Crippen LogP) is 3.82. The molecular weight excluding hydrogens is 1350 g/mol. The van der Waals surface area contributed by atoms with Gasteiger partial charge in [0, 0.05) is 92.9 Å². The number of phenols is 3. The van der Waals surface area contributed by atoms with Crippen molar-refractivity contribution in [1.82, 2.24) is 51.8 Å². The molecule has 570 valence electrons. The number of H-pyrrole nitrogens is 2. The zero-order chi connectivity index (χ0) is 77.8. The molecular formula is C76H105N13O16. The third kappa shape index (κ3) is 28.3. The fourth-order valence-electron chi connectivity index (χ4n) is 12.2. The van der Waals surface area contributed by atoms with Gasteiger partial charge >= 0.3 is 0 Å². The first kappa shape index (κ1) is 85.2. The Morgan fingerprint density at radius 2 is 0.857 bits per heavy atom. The Morgan fingerprint density at radius 1 is 0.438 bits per heavy atom. The number of hydrogen-bond donors (Lipinski definition) is 14. The quantitative estimate of drug-likeness (QED) is 0.0263. The summed E-state index contributed by atoms with van der Waals surface area (Å²) < 4.78 is 0. The number of nitrogens with two attached hydrogens (primary N) is 3. The molecule has 29 nitrogen and oxygen atoms in total. The number of phenolic OH excluding ortho intramolecular Hbond substituents is 3. The minimum Gasteiger partial charge on any atom is -0.508 e. The first-order valence-electron chi connectivity index (χ1n) is 35.7. The van der Waals surface area contributed by atoms with E-state index in [9.17, 15) is 77.6 Å². The summed E-state index contributed by atoms with van der Waals surface area (Å²) in [5, 5.41) is 46.2. The number of ketones is 5. The molecule has 0 unspecified atom stereocenters. The van der Waals surface area contributed by atoms with Gasteiger partial charge in [0.25, 0.3) is 0 Å². The van der Waals surface area contributed by atoms with Crippen LogP contribution in [0.1, 0.15) is 155 Å². The maximum absolute atomic E-state index is 14.7. The first-order chi connectivity index (χ1) is 49.6. The molecule has 0 aliphatic carbocycles. The average molecular weight is 1460 g/mol. The summed E-state index contributed by atoms with van der Waals surface area (Å²) in [4.78, 5) is 195. The molecule has 0 fully saturated rings. The van der Waals surface area contributed by atoms with Gasteiger partial charge in [0.05, 0.1) is 61.2 Å². The molecule has 2 heterocycles. The zero-order valence-electron chi connectivity index (χ0n) is 61.3. The molecule has 0 saturated carbocycles. The second kappa shape index (κ2) is 41.7. The number of aromatic amines is 2. The van der Waals surface area contributed by atoms with Gasteiger partial charge in [-0.2, -0.15) is 0 Å². The van der Waals surface area contributed by atoms with Crippen LogP contribution < -0.4 is 49.1 Å². The molecule has 3 aromatic carbocycles. The van der Waals surface area contributed by atoms with Crippen molar-refractivity contribution in [3.8, 4) is 17.2 Å². The van der Waals surface area contributed by atoms with Crippen LogP contribution in [0, 0.1) is 47.3 Å². The van der Waals surface area contributed by atoms with Crippen LogP contribution in [0.2, 0.25) is 0 Å². The number of Topliss-reactive ketones (excluding diaryl/α,β-unsaturated/α-hetero) is 5. The molecule has 17 N–H and O–H groups in total. The van der Waals surface area contributed by atoms with E-state index in [1.807, 2.05) is 27.7 Å². The second-order valence-electron chi connectivity index (χ2n) is 28.3. The Kier molecular flexibility index (Phi) is 33.9. The Hall–Kier alpha value is -10.4. The number of nitrogens with one attached hydrogen (secondary N) is 8. The monoisotopic (exact) mass is 1460 g/mol. The molecule has 0 aliphatic rings. The fraction of sp³-hybridized carbons (Fsp3) is 0.513. The van der Waals surface area contributed by atoms with Crippen LogP contribution in [-0.4, -0.2) is 154 Å². The Bertz CT molecular complexity index is 3730. The highest BCUT2D eigenvalue weighted by atomic mass is 16.3. The first-order valence-corrected chi connectivity index (χ1v) is 35.7. The lowest BCUT2D eigenvalue weighted by molar-refractivity contribution is -0.137. The third-order valence-electron chi connectivity index (χ3n) is 18.9. The van der Waals surface area contributed by atoms with Gasteiger partial charge in [-0.15, -0.1) is 0 Å². The Morgan fingerprint density at radius 3 is 1.29 bits per heavy atom. The number of carbonyl (C=O) groups is 13. The van der Waals surface area contributed by atoms with E-state index in [2.05, 4.69) is 51.8 Å². The van der Waals surface area contributed by atoms with E-state index >= 15 is 0 Å². The number of aromatic hydroxyl groups is 3. The third-order valence-corrected chi connectivity index (χ3v) is 18.9. The van der Waals surface area contributed by atoms with Gasteiger partial charge in [-0.05, 0) is 109 Å². The summed E-state index contributed by atoms with van der Waals surface area (Å²) in [5.41, 5.74) is 20.4. The highest BCUT2D eigenvalue weighted by molar-refractivity contribution is 6.00. The van der Waals surface area contributed by atoms with Crippen LogP contribution in [-0.2, 0) is 94.4 Å². The number of amides is 8. The van der Waals surface area contributed by atoms with Crippen molar-refractivity contribution in [1.29, 1.82) is 0 Å². The summed E-state index contributed by atoms with van der Waals surface area (Å²) in [5.74, 6) is -15.4. The van der Waals surface area contributed by atoms with Gasteiger partial charge < -0.3 is 74.4 Å². The lowest BCUT2D eigenvalue weighted by atomic mass is 9.85. The number of rotatable bonds is 47. The maximum atomic E-state index is 14.7. The van der Waals surface area contributed by atoms with Gasteiger partial charge in [0.2, 0.25) is 47.3 Å². The highest BCUT2D eigenvalue weighted by Crippen LogP contribution is 2.26. The zero-order valence-corrected chi connectivity index (χ0v) is 61.3. The normalized spacial score (nSPS) is 15.1. The summed E-state index contributed by atoms with van der Waals surface area (Å²) in [6.45, 7) is 15.4. The number of imidazole rings is 2. The molecule has 0 spiro atoms. The van der Waals surface area contributed by atoms with Gasteiger partial charge in [-0.25, -0.2) is 9.97 Å². The minimum absolute atomic E-state index is 0.00737. The lowest BCUT2D eigenvalue weighted by Crippen LogP contribution is -2.52. The van der Waals surface area contributed by atoms with Crippen molar-refractivity contribution in [3.05, 3.63) is 126 Å². The van der Waals surface area contributed by atoms with E-state index in [1.165, 1.54) is 80.5 Å². The molecule has 13 atom stereocenters. The smallest absolute Gasteiger partial charge is 0.240 e. The molecule has 0 saturated heterocycles. The molecule has 29 heteroatoms. The van der Waals surface area contributed by atoms with Crippen LogP contribution in [0.25, 0.3) is 0 Å². The number of primary amides is 2. The van der Waals surface area contributed by atoms with Gasteiger partial charge in [0.15, 0.2) is 28.9 Å². The number of aromatic nitrogens is 4. The van der Waals surface area contributed by atoms with E-state index in [4.69, 9.17) is 17.2 Å². The molecule has 5 aromatic rings. The topological polar surface area (TPSA) is 490 Å². The van der Waals surface area contributed by atoms with Gasteiger partial charge in [0.1, 0.15) is 23.3 Å². The van der Waals surface area contributed by atoms with Gasteiger partial charge in [-0.1, -0.05) is 105 Å². The molecule has 0 radical (unpaired) electrons. The SMILES string of the molecule is CC[C@@H](C)[C@@H](NC(=O)[C@H](CC(=O)[C@@H](CC(C)C)NC(=O)CCC(=O)[C@@H](C)NC(=O)[C@H](CC(=O)[C@@H](CC(N)=O)NC(=O)[C@H](CC(=O)[C@H](NC(=O)[C@H](N)Cc1ccc(O)cc1)[C@H](C)CC)Cc1ccc(O)cc1)C(C)C)Cc1ccc(O)cc1)C(=O)C[C@H](Cc1cnc[nH]1)C(=O)N[C@H](Cc1cnc[nH]1)C(N)=O. The largest absolute Gasteiger partial charge is 0.508 e. The van der Waals surface area contributed by atoms with Crippen LogP contribution >= 0.6 is 0 Å². The second-order valence-corrected chi connectivity index (χ2v) is 28.3. The Balaban J connectivity index is 1.26. The molecule has 8 amide bonds. The van der Waals surface area contributed by atoms with Crippen molar-refractivity contribution >= 4 is 76.2 Å². The maximum Gasteiger partial charge on any atom is 0.240 e. The van der Waals surface area contributed by atoms with E-state index in [1.54, 1.807) is 52.0 Å². The number of nitrogens with zero attached hydrogens (tertiary/aromatic N) is 2. The van der Waals surface area contributed by atoms with E-state index in [-0.39, 0.29) is 61.7 Å². The van der Waals surface area contributed by atoms with Crippen LogP contribution in [0.3, 0.4) is 0 Å². The standard InChI is InChI=1S/C76H105N13O16/c1-10-43(7)69(66(97)33-51(30-52-37-80-39-82-52)73(102)87-61(71(79)100)34-53-38-81-40-83-53)88-74(103)49(27-46-12-18-54(90)19-13-46)31-63(94)59(26-41(3)4)85-68(99)25-24-62(93)45(9)84-75(104)57(42(5)6)35-64(95)60(36-67(78)98)86-72(101)50(28-47-14-20-55(91)21-15-47)32-65(96)70(44(8)11-2)89-76(105)58(77)29-48-16-22-56(92)23-17-48/h12-23,37-45,49-51,57-61,69-70,90-92H,10-11,24-36,77H2,1-9H3,(H2,78,98)(H2,79,100)(H,80,82)(H,81,83)(H,84,104)(H,85,99)(H,86,101)(H,87,102)(H,88,103)(H,89,105)/t43-,44-,45-,49+,50+,51+,57-,58-,59-,60-,61-,69-,70-/m1/s1. The predicted molar refractivity (Wildman–Crippen MR) is 388 cm³/mol. The highest BCUT2D eigenvalue weighted by Gasteiger charge is 2.39. The Labute approximate surface area is 611 Å². The minimum atomic E-state index is -1.59. The number of benzene rings is 3. The molecule has 0 bridgehead atoms.